The molecule has 0 radical (unpaired) electrons. The van der Waals surface area contributed by atoms with Crippen LogP contribution in [0.1, 0.15) is 17.5 Å². The van der Waals surface area contributed by atoms with Crippen molar-refractivity contribution in [2.75, 3.05) is 0 Å². The van der Waals surface area contributed by atoms with Crippen LogP contribution in [0.25, 0.3) is 0 Å². The lowest BCUT2D eigenvalue weighted by Crippen LogP contribution is -2.09. The highest BCUT2D eigenvalue weighted by Gasteiger charge is 2.24. The van der Waals surface area contributed by atoms with E-state index in [0.29, 0.717) is 5.82 Å². The summed E-state index contributed by atoms with van der Waals surface area (Å²) in [4.78, 5) is 14.3. The molecule has 1 heterocycles. The quantitative estimate of drug-likeness (QED) is 0.682. The molecule has 6 nitrogen and oxygen atoms in total. The summed E-state index contributed by atoms with van der Waals surface area (Å²) >= 11 is 5.71. The van der Waals surface area contributed by atoms with Crippen LogP contribution in [0.2, 0.25) is 5.02 Å². The third-order valence-corrected chi connectivity index (χ3v) is 2.82. The molecule has 2 aromatic rings. The fourth-order valence-electron chi connectivity index (χ4n) is 1.69. The van der Waals surface area contributed by atoms with Crippen molar-refractivity contribution >= 4 is 17.3 Å². The molecule has 0 aliphatic rings. The number of hydrogen-bond acceptors (Lipinski definition) is 4. The topological polar surface area (TPSA) is 81.2 Å². The number of nitro benzene ring substituents is 1. The fraction of sp³-hybridized carbons (Fsp3) is 0.182. The van der Waals surface area contributed by atoms with Crippen LogP contribution in [0, 0.1) is 10.1 Å². The van der Waals surface area contributed by atoms with E-state index in [1.54, 1.807) is 17.8 Å². The zero-order valence-electron chi connectivity index (χ0n) is 9.45. The normalized spacial score (nSPS) is 12.4. The molecular weight excluding hydrogens is 258 g/mol. The second kappa shape index (κ2) is 4.75. The van der Waals surface area contributed by atoms with E-state index in [1.165, 1.54) is 24.4 Å². The van der Waals surface area contributed by atoms with Crippen LogP contribution < -0.4 is 0 Å². The maximum atomic E-state index is 10.9. The zero-order chi connectivity index (χ0) is 13.3. The summed E-state index contributed by atoms with van der Waals surface area (Å²) in [5, 5.41) is 21.3. The number of nitro groups is 1. The molecule has 1 N–H and O–H groups in total. The average molecular weight is 268 g/mol. The number of aryl methyl sites for hydroxylation is 1. The van der Waals surface area contributed by atoms with Gasteiger partial charge in [0, 0.05) is 30.5 Å². The number of nitrogens with zero attached hydrogens (tertiary/aromatic N) is 3. The van der Waals surface area contributed by atoms with Gasteiger partial charge in [0.05, 0.1) is 10.5 Å². The van der Waals surface area contributed by atoms with E-state index in [1.807, 2.05) is 0 Å². The minimum Gasteiger partial charge on any atom is -0.380 e. The minimum absolute atomic E-state index is 0.165. The summed E-state index contributed by atoms with van der Waals surface area (Å²) in [6.07, 6.45) is 2.00. The van der Waals surface area contributed by atoms with Gasteiger partial charge in [-0.05, 0) is 12.1 Å². The van der Waals surface area contributed by atoms with Gasteiger partial charge in [-0.2, -0.15) is 0 Å². The Morgan fingerprint density at radius 3 is 2.83 bits per heavy atom. The predicted molar refractivity (Wildman–Crippen MR) is 65.4 cm³/mol. The number of halogens is 1. The Morgan fingerprint density at radius 2 is 2.28 bits per heavy atom. The van der Waals surface area contributed by atoms with Crippen molar-refractivity contribution in [1.29, 1.82) is 0 Å². The van der Waals surface area contributed by atoms with Crippen molar-refractivity contribution in [3.8, 4) is 0 Å². The van der Waals surface area contributed by atoms with Crippen molar-refractivity contribution in [2.24, 2.45) is 7.05 Å². The first-order valence-electron chi connectivity index (χ1n) is 5.10. The van der Waals surface area contributed by atoms with Gasteiger partial charge in [0.15, 0.2) is 0 Å². The second-order valence-corrected chi connectivity index (χ2v) is 4.20. The first-order chi connectivity index (χ1) is 8.50. The molecule has 1 unspecified atom stereocenters. The van der Waals surface area contributed by atoms with Crippen LogP contribution in [-0.2, 0) is 7.05 Å². The van der Waals surface area contributed by atoms with Crippen LogP contribution in [-0.4, -0.2) is 19.6 Å². The lowest BCUT2D eigenvalue weighted by molar-refractivity contribution is -0.386. The summed E-state index contributed by atoms with van der Waals surface area (Å²) < 4.78 is 1.60. The Labute approximate surface area is 108 Å². The lowest BCUT2D eigenvalue weighted by Gasteiger charge is -2.11. The number of hydrogen-bond donors (Lipinski definition) is 1. The van der Waals surface area contributed by atoms with Gasteiger partial charge < -0.3 is 9.67 Å². The first-order valence-corrected chi connectivity index (χ1v) is 5.47. The van der Waals surface area contributed by atoms with E-state index in [4.69, 9.17) is 11.6 Å². The largest absolute Gasteiger partial charge is 0.380 e. The molecule has 0 fully saturated rings. The molecule has 0 saturated carbocycles. The smallest absolute Gasteiger partial charge is 0.277 e. The van der Waals surface area contributed by atoms with E-state index < -0.39 is 11.0 Å². The summed E-state index contributed by atoms with van der Waals surface area (Å²) in [6, 6.07) is 4.14. The summed E-state index contributed by atoms with van der Waals surface area (Å²) in [6.45, 7) is 0. The number of benzene rings is 1. The van der Waals surface area contributed by atoms with Crippen LogP contribution in [0.15, 0.2) is 30.6 Å². The molecule has 1 atom stereocenters. The highest BCUT2D eigenvalue weighted by molar-refractivity contribution is 6.30. The summed E-state index contributed by atoms with van der Waals surface area (Å²) in [5.41, 5.74) is -0.0586. The molecule has 7 heteroatoms. The van der Waals surface area contributed by atoms with Gasteiger partial charge in [-0.3, -0.25) is 10.1 Å². The SMILES string of the molecule is Cn1ccnc1C(O)c1ccc(Cl)cc1[N+](=O)[O-]. The number of aromatic nitrogens is 2. The van der Waals surface area contributed by atoms with Crippen molar-refractivity contribution in [3.63, 3.8) is 0 Å². The third-order valence-electron chi connectivity index (χ3n) is 2.59. The van der Waals surface area contributed by atoms with E-state index in [-0.39, 0.29) is 16.3 Å². The highest BCUT2D eigenvalue weighted by Crippen LogP contribution is 2.31. The molecule has 94 valence electrons. The fourth-order valence-corrected chi connectivity index (χ4v) is 1.85. The lowest BCUT2D eigenvalue weighted by atomic mass is 10.1. The molecular formula is C11H10ClN3O3. The maximum Gasteiger partial charge on any atom is 0.277 e. The van der Waals surface area contributed by atoms with Crippen LogP contribution in [0.5, 0.6) is 0 Å². The number of aliphatic hydroxyl groups excluding tert-OH is 1. The molecule has 18 heavy (non-hydrogen) atoms. The van der Waals surface area contributed by atoms with E-state index >= 15 is 0 Å². The van der Waals surface area contributed by atoms with Crippen LogP contribution >= 0.6 is 11.6 Å². The van der Waals surface area contributed by atoms with Gasteiger partial charge in [-0.1, -0.05) is 11.6 Å². The number of imidazole rings is 1. The maximum absolute atomic E-state index is 10.9. The van der Waals surface area contributed by atoms with E-state index in [9.17, 15) is 15.2 Å². The minimum atomic E-state index is -1.16. The Balaban J connectivity index is 2.51. The standard InChI is InChI=1S/C11H10ClN3O3/c1-14-5-4-13-11(14)10(16)8-3-2-7(12)6-9(8)15(17)18/h2-6,10,16H,1H3. The Bertz CT molecular complexity index is 597. The van der Waals surface area contributed by atoms with Gasteiger partial charge in [0.25, 0.3) is 5.69 Å². The number of rotatable bonds is 3. The summed E-state index contributed by atoms with van der Waals surface area (Å²) in [5.74, 6) is 0.334. The molecule has 0 bridgehead atoms. The first kappa shape index (κ1) is 12.5. The van der Waals surface area contributed by atoms with Crippen LogP contribution in [0.4, 0.5) is 5.69 Å². The molecule has 0 aliphatic carbocycles. The van der Waals surface area contributed by atoms with Gasteiger partial charge in [-0.15, -0.1) is 0 Å². The molecule has 2 rings (SSSR count). The number of aliphatic hydroxyl groups is 1. The highest BCUT2D eigenvalue weighted by atomic mass is 35.5. The second-order valence-electron chi connectivity index (χ2n) is 3.76. The van der Waals surface area contributed by atoms with Gasteiger partial charge in [0.1, 0.15) is 11.9 Å². The molecule has 0 amide bonds. The van der Waals surface area contributed by atoms with Crippen molar-refractivity contribution in [3.05, 3.63) is 57.1 Å². The summed E-state index contributed by atoms with van der Waals surface area (Å²) in [7, 11) is 1.70. The molecule has 1 aromatic heterocycles. The molecule has 0 aliphatic heterocycles. The van der Waals surface area contributed by atoms with E-state index in [2.05, 4.69) is 4.98 Å². The average Bonchev–Trinajstić information content (AvgIpc) is 2.74. The molecule has 1 aromatic carbocycles. The van der Waals surface area contributed by atoms with Gasteiger partial charge in [-0.25, -0.2) is 4.98 Å². The Kier molecular flexibility index (Phi) is 3.31. The monoisotopic (exact) mass is 267 g/mol. The third kappa shape index (κ3) is 2.20. The van der Waals surface area contributed by atoms with Gasteiger partial charge in [0.2, 0.25) is 0 Å². The van der Waals surface area contributed by atoms with Crippen molar-refractivity contribution in [2.45, 2.75) is 6.10 Å². The van der Waals surface area contributed by atoms with Crippen molar-refractivity contribution in [1.82, 2.24) is 9.55 Å². The molecule has 0 spiro atoms. The zero-order valence-corrected chi connectivity index (χ0v) is 10.2. The Morgan fingerprint density at radius 1 is 1.56 bits per heavy atom. The predicted octanol–water partition coefficient (Wildman–Crippen LogP) is 2.06. The van der Waals surface area contributed by atoms with Crippen LogP contribution in [0.3, 0.4) is 0 Å². The van der Waals surface area contributed by atoms with Gasteiger partial charge >= 0.3 is 0 Å². The Hall–Kier alpha value is -1.92. The molecule has 0 saturated heterocycles. The van der Waals surface area contributed by atoms with E-state index in [0.717, 1.165) is 0 Å². The van der Waals surface area contributed by atoms with Crippen molar-refractivity contribution < 1.29 is 10.0 Å².